The zero-order valence-corrected chi connectivity index (χ0v) is 10.6. The first kappa shape index (κ1) is 12.0. The van der Waals surface area contributed by atoms with Crippen LogP contribution < -0.4 is 0 Å². The lowest BCUT2D eigenvalue weighted by Crippen LogP contribution is -2.22. The Morgan fingerprint density at radius 3 is 2.64 bits per heavy atom. The maximum atomic E-state index is 13.5. The van der Waals surface area contributed by atoms with E-state index in [0.717, 1.165) is 4.47 Å². The molecule has 0 aliphatic rings. The first-order valence-electron chi connectivity index (χ1n) is 4.28. The van der Waals surface area contributed by atoms with E-state index in [0.29, 0.717) is 11.3 Å². The van der Waals surface area contributed by atoms with Gasteiger partial charge in [0.15, 0.2) is 0 Å². The third kappa shape index (κ3) is 2.72. The fraction of sp³-hybridized carbons (Fsp3) is 0.400. The number of hydrogen-bond acceptors (Lipinski definition) is 2. The van der Waals surface area contributed by atoms with Gasteiger partial charge in [0.2, 0.25) is 0 Å². The highest BCUT2D eigenvalue weighted by Crippen LogP contribution is 2.25. The van der Waals surface area contributed by atoms with Gasteiger partial charge in [0, 0.05) is 21.8 Å². The van der Waals surface area contributed by atoms with Crippen LogP contribution in [-0.2, 0) is 0 Å². The topological polar surface area (TPSA) is 3.24 Å². The predicted octanol–water partition coefficient (Wildman–Crippen LogP) is 3.12. The van der Waals surface area contributed by atoms with Crippen LogP contribution in [0.3, 0.4) is 0 Å². The second kappa shape index (κ2) is 5.14. The average molecular weight is 278 g/mol. The molecule has 0 saturated carbocycles. The van der Waals surface area contributed by atoms with E-state index in [1.807, 2.05) is 19.0 Å². The van der Waals surface area contributed by atoms with E-state index in [1.54, 1.807) is 12.1 Å². The summed E-state index contributed by atoms with van der Waals surface area (Å²) < 4.78 is 14.4. The quantitative estimate of drug-likeness (QED) is 0.831. The highest BCUT2D eigenvalue weighted by Gasteiger charge is 2.16. The van der Waals surface area contributed by atoms with Crippen LogP contribution in [0, 0.1) is 5.82 Å². The molecule has 0 aliphatic carbocycles. The van der Waals surface area contributed by atoms with Crippen LogP contribution >= 0.6 is 28.6 Å². The molecule has 1 unspecified atom stereocenters. The van der Waals surface area contributed by atoms with Gasteiger partial charge in [-0.25, -0.2) is 4.39 Å². The summed E-state index contributed by atoms with van der Waals surface area (Å²) in [6, 6.07) is 4.98. The number of nitrogens with zero attached hydrogens (tertiary/aromatic N) is 1. The zero-order chi connectivity index (χ0) is 10.7. The highest BCUT2D eigenvalue weighted by molar-refractivity contribution is 9.10. The molecule has 4 heteroatoms. The molecule has 1 nitrogen and oxygen atoms in total. The first-order chi connectivity index (χ1) is 6.56. The standard InChI is InChI=1S/C10H13BrFNS/c1-13(2)10(6-14)8-5-7(11)3-4-9(8)12/h3-5,10,14H,6H2,1-2H3. The zero-order valence-electron chi connectivity index (χ0n) is 8.17. The Hall–Kier alpha value is -0.0600. The van der Waals surface area contributed by atoms with Crippen molar-refractivity contribution >= 4 is 28.6 Å². The Labute approximate surface area is 97.8 Å². The van der Waals surface area contributed by atoms with Crippen molar-refractivity contribution in [3.63, 3.8) is 0 Å². The molecule has 1 aromatic carbocycles. The fourth-order valence-corrected chi connectivity index (χ4v) is 2.21. The first-order valence-corrected chi connectivity index (χ1v) is 5.71. The SMILES string of the molecule is CN(C)C(CS)c1cc(Br)ccc1F. The van der Waals surface area contributed by atoms with E-state index in [1.165, 1.54) is 6.07 Å². The van der Waals surface area contributed by atoms with Crippen molar-refractivity contribution in [2.45, 2.75) is 6.04 Å². The Bertz CT molecular complexity index is 317. The molecule has 0 bridgehead atoms. The molecule has 1 rings (SSSR count). The third-order valence-electron chi connectivity index (χ3n) is 2.11. The summed E-state index contributed by atoms with van der Waals surface area (Å²) >= 11 is 7.56. The molecular weight excluding hydrogens is 265 g/mol. The van der Waals surface area contributed by atoms with Crippen LogP contribution in [0.1, 0.15) is 11.6 Å². The van der Waals surface area contributed by atoms with Crippen LogP contribution in [0.15, 0.2) is 22.7 Å². The Morgan fingerprint density at radius 2 is 2.14 bits per heavy atom. The molecule has 0 heterocycles. The molecule has 0 amide bonds. The van der Waals surface area contributed by atoms with Gasteiger partial charge in [-0.05, 0) is 32.3 Å². The van der Waals surface area contributed by atoms with Gasteiger partial charge >= 0.3 is 0 Å². The summed E-state index contributed by atoms with van der Waals surface area (Å²) in [6.45, 7) is 0. The number of thiol groups is 1. The lowest BCUT2D eigenvalue weighted by atomic mass is 10.1. The van der Waals surface area contributed by atoms with E-state index >= 15 is 0 Å². The Morgan fingerprint density at radius 1 is 1.50 bits per heavy atom. The number of rotatable bonds is 3. The van der Waals surface area contributed by atoms with Crippen molar-refractivity contribution in [2.24, 2.45) is 0 Å². The van der Waals surface area contributed by atoms with Gasteiger partial charge in [-0.2, -0.15) is 12.6 Å². The van der Waals surface area contributed by atoms with Crippen LogP contribution in [0.4, 0.5) is 4.39 Å². The molecular formula is C10H13BrFNS. The summed E-state index contributed by atoms with van der Waals surface area (Å²) in [5.41, 5.74) is 0.680. The Kier molecular flexibility index (Phi) is 4.41. The van der Waals surface area contributed by atoms with E-state index in [2.05, 4.69) is 28.6 Å². The second-order valence-electron chi connectivity index (χ2n) is 3.33. The molecule has 1 atom stereocenters. The molecule has 0 fully saturated rings. The van der Waals surface area contributed by atoms with Gasteiger partial charge in [0.05, 0.1) is 0 Å². The van der Waals surface area contributed by atoms with Crippen molar-refractivity contribution in [3.05, 3.63) is 34.1 Å². The molecule has 0 N–H and O–H groups in total. The summed E-state index contributed by atoms with van der Waals surface area (Å²) in [5.74, 6) is 0.418. The molecule has 14 heavy (non-hydrogen) atoms. The summed E-state index contributed by atoms with van der Waals surface area (Å²) in [6.07, 6.45) is 0. The second-order valence-corrected chi connectivity index (χ2v) is 4.61. The average Bonchev–Trinajstić information content (AvgIpc) is 2.11. The van der Waals surface area contributed by atoms with Crippen molar-refractivity contribution in [2.75, 3.05) is 19.8 Å². The van der Waals surface area contributed by atoms with Crippen LogP contribution in [0.25, 0.3) is 0 Å². The minimum atomic E-state index is -0.180. The molecule has 0 aliphatic heterocycles. The minimum absolute atomic E-state index is 0.0100. The lowest BCUT2D eigenvalue weighted by molar-refractivity contribution is 0.318. The Balaban J connectivity index is 3.08. The van der Waals surface area contributed by atoms with Gasteiger partial charge < -0.3 is 4.90 Å². The molecule has 1 aromatic rings. The highest BCUT2D eigenvalue weighted by atomic mass is 79.9. The van der Waals surface area contributed by atoms with Gasteiger partial charge in [0.1, 0.15) is 5.82 Å². The van der Waals surface area contributed by atoms with E-state index in [4.69, 9.17) is 0 Å². The van der Waals surface area contributed by atoms with Crippen molar-refractivity contribution in [1.29, 1.82) is 0 Å². The van der Waals surface area contributed by atoms with Crippen LogP contribution in [0.5, 0.6) is 0 Å². The van der Waals surface area contributed by atoms with Gasteiger partial charge in [0.25, 0.3) is 0 Å². The molecule has 78 valence electrons. The van der Waals surface area contributed by atoms with Gasteiger partial charge in [-0.3, -0.25) is 0 Å². The smallest absolute Gasteiger partial charge is 0.128 e. The number of benzene rings is 1. The van der Waals surface area contributed by atoms with Crippen LogP contribution in [-0.4, -0.2) is 24.7 Å². The molecule has 0 radical (unpaired) electrons. The van der Waals surface area contributed by atoms with E-state index < -0.39 is 0 Å². The fourth-order valence-electron chi connectivity index (χ4n) is 1.31. The van der Waals surface area contributed by atoms with Crippen LogP contribution in [0.2, 0.25) is 0 Å². The predicted molar refractivity (Wildman–Crippen MR) is 64.4 cm³/mol. The number of halogens is 2. The minimum Gasteiger partial charge on any atom is -0.301 e. The summed E-state index contributed by atoms with van der Waals surface area (Å²) in [5, 5.41) is 0. The number of hydrogen-bond donors (Lipinski definition) is 1. The van der Waals surface area contributed by atoms with E-state index in [-0.39, 0.29) is 11.9 Å². The van der Waals surface area contributed by atoms with Crippen molar-refractivity contribution < 1.29 is 4.39 Å². The molecule has 0 spiro atoms. The molecule has 0 aromatic heterocycles. The van der Waals surface area contributed by atoms with Crippen molar-refractivity contribution in [1.82, 2.24) is 4.90 Å². The maximum absolute atomic E-state index is 13.5. The monoisotopic (exact) mass is 277 g/mol. The normalized spacial score (nSPS) is 13.3. The largest absolute Gasteiger partial charge is 0.301 e. The maximum Gasteiger partial charge on any atom is 0.128 e. The molecule has 0 saturated heterocycles. The third-order valence-corrected chi connectivity index (χ3v) is 2.95. The van der Waals surface area contributed by atoms with Gasteiger partial charge in [-0.15, -0.1) is 0 Å². The summed E-state index contributed by atoms with van der Waals surface area (Å²) in [4.78, 5) is 1.96. The van der Waals surface area contributed by atoms with Gasteiger partial charge in [-0.1, -0.05) is 15.9 Å². The lowest BCUT2D eigenvalue weighted by Gasteiger charge is -2.23. The van der Waals surface area contributed by atoms with Crippen molar-refractivity contribution in [3.8, 4) is 0 Å². The van der Waals surface area contributed by atoms with E-state index in [9.17, 15) is 4.39 Å². The summed E-state index contributed by atoms with van der Waals surface area (Å²) in [7, 11) is 3.84.